The van der Waals surface area contributed by atoms with Gasteiger partial charge < -0.3 is 10.3 Å². The maximum absolute atomic E-state index is 4.45. The van der Waals surface area contributed by atoms with Crippen molar-refractivity contribution in [2.45, 2.75) is 20.4 Å². The zero-order valence-corrected chi connectivity index (χ0v) is 12.4. The van der Waals surface area contributed by atoms with E-state index in [0.717, 1.165) is 17.2 Å². The molecule has 0 aliphatic heterocycles. The second kappa shape index (κ2) is 5.83. The van der Waals surface area contributed by atoms with Crippen LogP contribution in [0.5, 0.6) is 0 Å². The van der Waals surface area contributed by atoms with Crippen LogP contribution in [0.1, 0.15) is 17.0 Å². The fourth-order valence-electron chi connectivity index (χ4n) is 2.45. The molecule has 0 atom stereocenters. The molecule has 0 saturated carbocycles. The van der Waals surface area contributed by atoms with Crippen molar-refractivity contribution in [2.75, 3.05) is 5.32 Å². The third kappa shape index (κ3) is 3.14. The van der Waals surface area contributed by atoms with Gasteiger partial charge >= 0.3 is 0 Å². The van der Waals surface area contributed by atoms with Gasteiger partial charge in [0.15, 0.2) is 0 Å². The molecule has 1 heterocycles. The first-order chi connectivity index (χ1) is 10.2. The van der Waals surface area contributed by atoms with Crippen molar-refractivity contribution in [3.63, 3.8) is 0 Å². The number of imidazole rings is 1. The Hall–Kier alpha value is -2.55. The van der Waals surface area contributed by atoms with E-state index in [1.54, 1.807) is 0 Å². The first-order valence-electron chi connectivity index (χ1n) is 7.13. The predicted octanol–water partition coefficient (Wildman–Crippen LogP) is 4.31. The van der Waals surface area contributed by atoms with Crippen molar-refractivity contribution in [3.8, 4) is 11.3 Å². The van der Waals surface area contributed by atoms with E-state index in [0.29, 0.717) is 6.54 Å². The van der Waals surface area contributed by atoms with Crippen LogP contribution in [-0.4, -0.2) is 9.97 Å². The van der Waals surface area contributed by atoms with E-state index in [9.17, 15) is 0 Å². The zero-order valence-electron chi connectivity index (χ0n) is 12.4. The van der Waals surface area contributed by atoms with Gasteiger partial charge in [-0.2, -0.15) is 0 Å². The summed E-state index contributed by atoms with van der Waals surface area (Å²) in [7, 11) is 0. The molecule has 0 saturated heterocycles. The van der Waals surface area contributed by atoms with Crippen LogP contribution in [0.4, 0.5) is 5.69 Å². The van der Waals surface area contributed by atoms with Gasteiger partial charge in [-0.15, -0.1) is 0 Å². The van der Waals surface area contributed by atoms with E-state index in [-0.39, 0.29) is 0 Å². The lowest BCUT2D eigenvalue weighted by atomic mass is 10.0. The fraction of sp³-hybridized carbons (Fsp3) is 0.167. The number of aryl methyl sites for hydroxylation is 2. The van der Waals surface area contributed by atoms with Gasteiger partial charge in [-0.05, 0) is 31.5 Å². The minimum Gasteiger partial charge on any atom is -0.378 e. The largest absolute Gasteiger partial charge is 0.378 e. The minimum absolute atomic E-state index is 0.689. The molecule has 3 aromatic rings. The highest BCUT2D eigenvalue weighted by atomic mass is 15.0. The van der Waals surface area contributed by atoms with Gasteiger partial charge in [0.1, 0.15) is 5.82 Å². The average Bonchev–Trinajstić information content (AvgIpc) is 2.95. The Morgan fingerprint density at radius 3 is 2.62 bits per heavy atom. The molecule has 106 valence electrons. The summed E-state index contributed by atoms with van der Waals surface area (Å²) in [5, 5.41) is 3.36. The van der Waals surface area contributed by atoms with Crippen molar-refractivity contribution in [3.05, 3.63) is 71.7 Å². The van der Waals surface area contributed by atoms with E-state index in [2.05, 4.69) is 47.3 Å². The third-order valence-electron chi connectivity index (χ3n) is 3.53. The van der Waals surface area contributed by atoms with Crippen LogP contribution in [-0.2, 0) is 6.54 Å². The first kappa shape index (κ1) is 13.4. The van der Waals surface area contributed by atoms with E-state index in [1.165, 1.54) is 16.7 Å². The number of hydrogen-bond donors (Lipinski definition) is 2. The van der Waals surface area contributed by atoms with Gasteiger partial charge in [-0.25, -0.2) is 4.98 Å². The molecule has 0 spiro atoms. The molecule has 0 aliphatic rings. The Morgan fingerprint density at radius 2 is 1.86 bits per heavy atom. The van der Waals surface area contributed by atoms with Gasteiger partial charge in [0.2, 0.25) is 0 Å². The lowest BCUT2D eigenvalue weighted by molar-refractivity contribution is 1.00. The normalized spacial score (nSPS) is 10.6. The lowest BCUT2D eigenvalue weighted by Gasteiger charge is -2.05. The summed E-state index contributed by atoms with van der Waals surface area (Å²) in [5.74, 6) is 0.939. The molecule has 21 heavy (non-hydrogen) atoms. The summed E-state index contributed by atoms with van der Waals surface area (Å²) < 4.78 is 0. The molecule has 3 rings (SSSR count). The van der Waals surface area contributed by atoms with Gasteiger partial charge in [0.25, 0.3) is 0 Å². The minimum atomic E-state index is 0.689. The fourth-order valence-corrected chi connectivity index (χ4v) is 2.45. The Bertz CT molecular complexity index is 729. The summed E-state index contributed by atoms with van der Waals surface area (Å²) in [6, 6.07) is 16.6. The monoisotopic (exact) mass is 277 g/mol. The van der Waals surface area contributed by atoms with Gasteiger partial charge in [0, 0.05) is 11.3 Å². The third-order valence-corrected chi connectivity index (χ3v) is 3.53. The summed E-state index contributed by atoms with van der Waals surface area (Å²) in [6.45, 7) is 4.93. The smallest absolute Gasteiger partial charge is 0.125 e. The van der Waals surface area contributed by atoms with E-state index in [4.69, 9.17) is 0 Å². The zero-order chi connectivity index (χ0) is 14.7. The number of H-pyrrole nitrogens is 1. The van der Waals surface area contributed by atoms with Crippen molar-refractivity contribution in [2.24, 2.45) is 0 Å². The van der Waals surface area contributed by atoms with Crippen LogP contribution in [0.15, 0.2) is 54.7 Å². The Balaban J connectivity index is 1.74. The topological polar surface area (TPSA) is 40.7 Å². The molecule has 0 fully saturated rings. The number of para-hydroxylation sites is 1. The van der Waals surface area contributed by atoms with E-state index >= 15 is 0 Å². The number of aromatic amines is 1. The van der Waals surface area contributed by atoms with Gasteiger partial charge in [-0.3, -0.25) is 0 Å². The predicted molar refractivity (Wildman–Crippen MR) is 87.3 cm³/mol. The number of nitrogens with one attached hydrogen (secondary N) is 2. The SMILES string of the molecule is Cc1ccc(-c2cnc(CNc3ccccc3)[nH]2)c(C)c1. The molecule has 2 N–H and O–H groups in total. The molecule has 0 amide bonds. The van der Waals surface area contributed by atoms with Crippen LogP contribution in [0.25, 0.3) is 11.3 Å². The van der Waals surface area contributed by atoms with Crippen LogP contribution < -0.4 is 5.32 Å². The van der Waals surface area contributed by atoms with E-state index < -0.39 is 0 Å². The Morgan fingerprint density at radius 1 is 1.05 bits per heavy atom. The lowest BCUT2D eigenvalue weighted by Crippen LogP contribution is -2.00. The summed E-state index contributed by atoms with van der Waals surface area (Å²) in [6.07, 6.45) is 1.90. The maximum atomic E-state index is 4.45. The highest BCUT2D eigenvalue weighted by Gasteiger charge is 2.06. The Kier molecular flexibility index (Phi) is 3.73. The van der Waals surface area contributed by atoms with Crippen LogP contribution >= 0.6 is 0 Å². The molecule has 0 unspecified atom stereocenters. The van der Waals surface area contributed by atoms with Crippen LogP contribution in [0.2, 0.25) is 0 Å². The molecule has 0 bridgehead atoms. The number of hydrogen-bond acceptors (Lipinski definition) is 2. The second-order valence-corrected chi connectivity index (χ2v) is 5.28. The number of nitrogens with zero attached hydrogens (tertiary/aromatic N) is 1. The van der Waals surface area contributed by atoms with E-state index in [1.807, 2.05) is 36.5 Å². The quantitative estimate of drug-likeness (QED) is 0.746. The molecule has 0 aliphatic carbocycles. The van der Waals surface area contributed by atoms with Crippen LogP contribution in [0.3, 0.4) is 0 Å². The molecule has 2 aromatic carbocycles. The molecular formula is C18H19N3. The van der Waals surface area contributed by atoms with Gasteiger partial charge in [-0.1, -0.05) is 42.0 Å². The van der Waals surface area contributed by atoms with Gasteiger partial charge in [0.05, 0.1) is 18.4 Å². The van der Waals surface area contributed by atoms with Crippen molar-refractivity contribution < 1.29 is 0 Å². The molecular weight excluding hydrogens is 258 g/mol. The molecule has 1 aromatic heterocycles. The molecule has 0 radical (unpaired) electrons. The summed E-state index contributed by atoms with van der Waals surface area (Å²) >= 11 is 0. The van der Waals surface area contributed by atoms with Crippen molar-refractivity contribution in [1.29, 1.82) is 0 Å². The standard InChI is InChI=1S/C18H19N3/c1-13-8-9-16(14(2)10-13)17-11-20-18(21-17)12-19-15-6-4-3-5-7-15/h3-11,19H,12H2,1-2H3,(H,20,21). The second-order valence-electron chi connectivity index (χ2n) is 5.28. The number of aromatic nitrogens is 2. The van der Waals surface area contributed by atoms with Crippen LogP contribution in [0, 0.1) is 13.8 Å². The first-order valence-corrected chi connectivity index (χ1v) is 7.13. The van der Waals surface area contributed by atoms with Crippen molar-refractivity contribution in [1.82, 2.24) is 9.97 Å². The van der Waals surface area contributed by atoms with Crippen molar-refractivity contribution >= 4 is 5.69 Å². The number of benzene rings is 2. The highest BCUT2D eigenvalue weighted by molar-refractivity contribution is 5.63. The number of anilines is 1. The Labute approximate surface area is 125 Å². The maximum Gasteiger partial charge on any atom is 0.125 e. The summed E-state index contributed by atoms with van der Waals surface area (Å²) in [5.41, 5.74) is 5.92. The molecule has 3 heteroatoms. The number of rotatable bonds is 4. The summed E-state index contributed by atoms with van der Waals surface area (Å²) in [4.78, 5) is 7.84. The highest BCUT2D eigenvalue weighted by Crippen LogP contribution is 2.22. The average molecular weight is 277 g/mol. The molecule has 3 nitrogen and oxygen atoms in total.